The van der Waals surface area contributed by atoms with E-state index in [1.54, 1.807) is 18.3 Å². The zero-order chi connectivity index (χ0) is 14.2. The van der Waals surface area contributed by atoms with Crippen LogP contribution >= 0.6 is 11.3 Å². The molecule has 0 aliphatic carbocycles. The number of hydrogen-bond acceptors (Lipinski definition) is 5. The fourth-order valence-electron chi connectivity index (χ4n) is 2.19. The van der Waals surface area contributed by atoms with Crippen molar-refractivity contribution in [3.05, 3.63) is 34.8 Å². The lowest BCUT2D eigenvalue weighted by molar-refractivity contribution is 0.601. The fraction of sp³-hybridized carbons (Fsp3) is 0.308. The molecule has 0 bridgehead atoms. The molecule has 106 valence electrons. The summed E-state index contributed by atoms with van der Waals surface area (Å²) in [6, 6.07) is 5.19. The first-order chi connectivity index (χ1) is 9.54. The van der Waals surface area contributed by atoms with E-state index < -0.39 is 10.0 Å². The van der Waals surface area contributed by atoms with E-state index in [0.717, 1.165) is 35.5 Å². The molecule has 3 rings (SSSR count). The van der Waals surface area contributed by atoms with Gasteiger partial charge < -0.3 is 5.32 Å². The Balaban J connectivity index is 1.91. The van der Waals surface area contributed by atoms with Crippen LogP contribution in [0.15, 0.2) is 29.3 Å². The van der Waals surface area contributed by atoms with E-state index in [9.17, 15) is 8.42 Å². The molecule has 1 aliphatic heterocycles. The Morgan fingerprint density at radius 1 is 1.40 bits per heavy atom. The number of nitrogens with one attached hydrogen (secondary N) is 2. The average Bonchev–Trinajstić information content (AvgIpc) is 2.83. The maximum atomic E-state index is 12.3. The van der Waals surface area contributed by atoms with Crippen LogP contribution in [-0.4, -0.2) is 19.9 Å². The number of rotatable bonds is 3. The number of benzene rings is 1. The number of thiazole rings is 1. The first-order valence-electron chi connectivity index (χ1n) is 6.37. The minimum atomic E-state index is -3.56. The summed E-state index contributed by atoms with van der Waals surface area (Å²) in [5.41, 5.74) is 2.08. The Morgan fingerprint density at radius 3 is 3.00 bits per heavy atom. The number of sulfonamides is 1. The molecule has 1 aliphatic rings. The maximum absolute atomic E-state index is 12.3. The zero-order valence-corrected chi connectivity index (χ0v) is 12.6. The second kappa shape index (κ2) is 5.06. The minimum absolute atomic E-state index is 0.285. The highest BCUT2D eigenvalue weighted by atomic mass is 32.2. The summed E-state index contributed by atoms with van der Waals surface area (Å²) in [7, 11) is -3.56. The Kier molecular flexibility index (Phi) is 3.39. The number of aryl methyl sites for hydroxylation is 2. The van der Waals surface area contributed by atoms with Crippen molar-refractivity contribution in [1.82, 2.24) is 4.98 Å². The first-order valence-corrected chi connectivity index (χ1v) is 8.67. The standard InChI is InChI=1S/C13H15N3O2S2/c1-9-8-15-13(19-9)16-20(17,18)11-4-5-12-10(7-11)3-2-6-14-12/h4-5,7-8,14H,2-3,6H2,1H3,(H,15,16). The van der Waals surface area contributed by atoms with E-state index in [2.05, 4.69) is 15.0 Å². The van der Waals surface area contributed by atoms with Gasteiger partial charge in [0.25, 0.3) is 10.0 Å². The Morgan fingerprint density at radius 2 is 2.25 bits per heavy atom. The molecule has 0 unspecified atom stereocenters. The minimum Gasteiger partial charge on any atom is -0.385 e. The van der Waals surface area contributed by atoms with Crippen molar-refractivity contribution in [2.45, 2.75) is 24.7 Å². The molecule has 20 heavy (non-hydrogen) atoms. The van der Waals surface area contributed by atoms with Gasteiger partial charge >= 0.3 is 0 Å². The lowest BCUT2D eigenvalue weighted by atomic mass is 10.0. The van der Waals surface area contributed by atoms with Crippen molar-refractivity contribution < 1.29 is 8.42 Å². The van der Waals surface area contributed by atoms with Gasteiger partial charge in [-0.05, 0) is 43.5 Å². The molecule has 2 N–H and O–H groups in total. The Hall–Kier alpha value is -1.60. The van der Waals surface area contributed by atoms with Crippen molar-refractivity contribution >= 4 is 32.2 Å². The number of anilines is 2. The normalized spacial score (nSPS) is 14.4. The third kappa shape index (κ3) is 2.64. The predicted molar refractivity (Wildman–Crippen MR) is 80.9 cm³/mol. The van der Waals surface area contributed by atoms with Crippen LogP contribution in [0.4, 0.5) is 10.8 Å². The molecule has 0 amide bonds. The van der Waals surface area contributed by atoms with E-state index in [1.165, 1.54) is 11.3 Å². The van der Waals surface area contributed by atoms with E-state index in [-0.39, 0.29) is 4.90 Å². The van der Waals surface area contributed by atoms with Gasteiger partial charge in [0.2, 0.25) is 0 Å². The lowest BCUT2D eigenvalue weighted by Gasteiger charge is -2.18. The highest BCUT2D eigenvalue weighted by molar-refractivity contribution is 7.93. The molecule has 0 radical (unpaired) electrons. The number of aromatic nitrogens is 1. The highest BCUT2D eigenvalue weighted by Crippen LogP contribution is 2.26. The summed E-state index contributed by atoms with van der Waals surface area (Å²) >= 11 is 1.32. The number of nitrogens with zero attached hydrogens (tertiary/aromatic N) is 1. The van der Waals surface area contributed by atoms with E-state index in [0.29, 0.717) is 5.13 Å². The zero-order valence-electron chi connectivity index (χ0n) is 11.0. The molecule has 2 aromatic rings. The van der Waals surface area contributed by atoms with Crippen molar-refractivity contribution in [3.63, 3.8) is 0 Å². The van der Waals surface area contributed by atoms with Crippen molar-refractivity contribution in [3.8, 4) is 0 Å². The summed E-state index contributed by atoms with van der Waals surface area (Å²) in [6.45, 7) is 2.83. The van der Waals surface area contributed by atoms with Crippen LogP contribution < -0.4 is 10.0 Å². The summed E-state index contributed by atoms with van der Waals surface area (Å²) in [5, 5.41) is 3.67. The Labute approximate surface area is 122 Å². The smallest absolute Gasteiger partial charge is 0.263 e. The van der Waals surface area contributed by atoms with Gasteiger partial charge in [-0.15, -0.1) is 11.3 Å². The maximum Gasteiger partial charge on any atom is 0.263 e. The topological polar surface area (TPSA) is 71.1 Å². The van der Waals surface area contributed by atoms with Gasteiger partial charge in [0.1, 0.15) is 0 Å². The van der Waals surface area contributed by atoms with Crippen LogP contribution in [0.2, 0.25) is 0 Å². The molecule has 2 heterocycles. The van der Waals surface area contributed by atoms with Gasteiger partial charge in [0.15, 0.2) is 5.13 Å². The Bertz CT molecular complexity index is 738. The van der Waals surface area contributed by atoms with Gasteiger partial charge in [0, 0.05) is 23.3 Å². The van der Waals surface area contributed by atoms with Crippen LogP contribution in [0, 0.1) is 6.92 Å². The molecule has 5 nitrogen and oxygen atoms in total. The van der Waals surface area contributed by atoms with Gasteiger partial charge in [-0.1, -0.05) is 0 Å². The fourth-order valence-corrected chi connectivity index (χ4v) is 4.15. The summed E-state index contributed by atoms with van der Waals surface area (Å²) in [5.74, 6) is 0. The molecule has 0 atom stereocenters. The number of fused-ring (bicyclic) bond motifs is 1. The van der Waals surface area contributed by atoms with Gasteiger partial charge in [-0.25, -0.2) is 13.4 Å². The first kappa shape index (κ1) is 13.4. The van der Waals surface area contributed by atoms with Gasteiger partial charge in [-0.2, -0.15) is 0 Å². The molecule has 0 saturated heterocycles. The van der Waals surface area contributed by atoms with E-state index in [4.69, 9.17) is 0 Å². The monoisotopic (exact) mass is 309 g/mol. The summed E-state index contributed by atoms with van der Waals surface area (Å²) in [4.78, 5) is 5.28. The van der Waals surface area contributed by atoms with Crippen molar-refractivity contribution in [2.75, 3.05) is 16.6 Å². The van der Waals surface area contributed by atoms with Crippen LogP contribution in [0.25, 0.3) is 0 Å². The summed E-state index contributed by atoms with van der Waals surface area (Å²) in [6.07, 6.45) is 3.58. The van der Waals surface area contributed by atoms with E-state index >= 15 is 0 Å². The van der Waals surface area contributed by atoms with Crippen LogP contribution in [-0.2, 0) is 16.4 Å². The molecule has 0 spiro atoms. The van der Waals surface area contributed by atoms with Crippen LogP contribution in [0.3, 0.4) is 0 Å². The van der Waals surface area contributed by atoms with E-state index in [1.807, 2.05) is 13.0 Å². The lowest BCUT2D eigenvalue weighted by Crippen LogP contribution is -2.16. The van der Waals surface area contributed by atoms with Crippen LogP contribution in [0.5, 0.6) is 0 Å². The molecule has 1 aromatic heterocycles. The third-order valence-electron chi connectivity index (χ3n) is 3.17. The average molecular weight is 309 g/mol. The van der Waals surface area contributed by atoms with Crippen molar-refractivity contribution in [1.29, 1.82) is 0 Å². The SMILES string of the molecule is Cc1cnc(NS(=O)(=O)c2ccc3c(c2)CCCN3)s1. The molecule has 0 fully saturated rings. The van der Waals surface area contributed by atoms with Gasteiger partial charge in [-0.3, -0.25) is 4.72 Å². The van der Waals surface area contributed by atoms with Gasteiger partial charge in [0.05, 0.1) is 4.90 Å². The largest absolute Gasteiger partial charge is 0.385 e. The van der Waals surface area contributed by atoms with Crippen molar-refractivity contribution in [2.24, 2.45) is 0 Å². The number of hydrogen-bond donors (Lipinski definition) is 2. The highest BCUT2D eigenvalue weighted by Gasteiger charge is 2.18. The molecule has 0 saturated carbocycles. The molecular formula is C13H15N3O2S2. The molecule has 7 heteroatoms. The van der Waals surface area contributed by atoms with Crippen LogP contribution in [0.1, 0.15) is 16.9 Å². The molecular weight excluding hydrogens is 294 g/mol. The third-order valence-corrected chi connectivity index (χ3v) is 5.46. The second-order valence-corrected chi connectivity index (χ2v) is 7.65. The second-order valence-electron chi connectivity index (χ2n) is 4.73. The predicted octanol–water partition coefficient (Wildman–Crippen LogP) is 2.61. The summed E-state index contributed by atoms with van der Waals surface area (Å²) < 4.78 is 27.2. The quantitative estimate of drug-likeness (QED) is 0.914. The molecule has 1 aromatic carbocycles.